The fourth-order valence-corrected chi connectivity index (χ4v) is 3.42. The van der Waals surface area contributed by atoms with Gasteiger partial charge in [0.2, 0.25) is 0 Å². The highest BCUT2D eigenvalue weighted by atomic mass is 32.1. The van der Waals surface area contributed by atoms with Gasteiger partial charge < -0.3 is 15.0 Å². The number of carboxylic acids is 1. The molecule has 0 radical (unpaired) electrons. The first-order valence-corrected chi connectivity index (χ1v) is 7.26. The molecule has 106 valence electrons. The van der Waals surface area contributed by atoms with Crippen molar-refractivity contribution >= 4 is 22.4 Å². The number of aromatic nitrogens is 4. The lowest BCUT2D eigenvalue weighted by molar-refractivity contribution is -0.138. The van der Waals surface area contributed by atoms with Gasteiger partial charge in [0, 0.05) is 24.9 Å². The third-order valence-electron chi connectivity index (χ3n) is 3.45. The molecule has 2 N–H and O–H groups in total. The SMILES string of the molecule is Cn1cnnc1CCNc1nc2c(s1)CCC2C(=O)O. The van der Waals surface area contributed by atoms with E-state index in [-0.39, 0.29) is 0 Å². The number of nitrogens with one attached hydrogen (secondary N) is 1. The summed E-state index contributed by atoms with van der Waals surface area (Å²) in [6.07, 6.45) is 3.91. The highest BCUT2D eigenvalue weighted by Gasteiger charge is 2.32. The molecule has 2 heterocycles. The minimum atomic E-state index is -0.778. The van der Waals surface area contributed by atoms with Crippen molar-refractivity contribution in [3.8, 4) is 0 Å². The van der Waals surface area contributed by atoms with E-state index in [1.165, 1.54) is 0 Å². The number of hydrogen-bond donors (Lipinski definition) is 2. The molecule has 0 saturated heterocycles. The summed E-state index contributed by atoms with van der Waals surface area (Å²) < 4.78 is 1.88. The molecule has 3 rings (SSSR count). The van der Waals surface area contributed by atoms with Gasteiger partial charge in [-0.2, -0.15) is 0 Å². The molecule has 7 nitrogen and oxygen atoms in total. The summed E-state index contributed by atoms with van der Waals surface area (Å²) in [5, 5.41) is 21.0. The predicted octanol–water partition coefficient (Wildman–Crippen LogP) is 1.04. The van der Waals surface area contributed by atoms with E-state index in [2.05, 4.69) is 20.5 Å². The zero-order valence-corrected chi connectivity index (χ0v) is 11.9. The number of nitrogens with zero attached hydrogens (tertiary/aromatic N) is 4. The smallest absolute Gasteiger partial charge is 0.312 e. The van der Waals surface area contributed by atoms with E-state index in [4.69, 9.17) is 5.11 Å². The lowest BCUT2D eigenvalue weighted by atomic mass is 10.1. The molecule has 0 aliphatic heterocycles. The van der Waals surface area contributed by atoms with Crippen molar-refractivity contribution in [2.75, 3.05) is 11.9 Å². The highest BCUT2D eigenvalue weighted by molar-refractivity contribution is 7.15. The van der Waals surface area contributed by atoms with Crippen LogP contribution in [-0.2, 0) is 24.7 Å². The minimum absolute atomic E-state index is 0.435. The van der Waals surface area contributed by atoms with Crippen molar-refractivity contribution in [2.45, 2.75) is 25.2 Å². The summed E-state index contributed by atoms with van der Waals surface area (Å²) in [4.78, 5) is 16.6. The Morgan fingerprint density at radius 2 is 2.50 bits per heavy atom. The zero-order valence-electron chi connectivity index (χ0n) is 11.0. The third-order valence-corrected chi connectivity index (χ3v) is 4.53. The van der Waals surface area contributed by atoms with E-state index in [0.29, 0.717) is 13.0 Å². The van der Waals surface area contributed by atoms with E-state index >= 15 is 0 Å². The van der Waals surface area contributed by atoms with Crippen LogP contribution in [0.15, 0.2) is 6.33 Å². The lowest BCUT2D eigenvalue weighted by Gasteiger charge is -2.04. The molecule has 2 aromatic heterocycles. The molecule has 0 amide bonds. The van der Waals surface area contributed by atoms with Crippen molar-refractivity contribution in [2.24, 2.45) is 7.05 Å². The van der Waals surface area contributed by atoms with Crippen molar-refractivity contribution in [3.05, 3.63) is 22.7 Å². The Bertz CT molecular complexity index is 636. The van der Waals surface area contributed by atoms with Gasteiger partial charge in [0.15, 0.2) is 5.13 Å². The van der Waals surface area contributed by atoms with E-state index in [1.54, 1.807) is 17.7 Å². The molecule has 0 saturated carbocycles. The molecule has 0 aromatic carbocycles. The molecule has 8 heteroatoms. The first-order valence-electron chi connectivity index (χ1n) is 6.44. The average Bonchev–Trinajstić information content (AvgIpc) is 3.05. The molecule has 20 heavy (non-hydrogen) atoms. The summed E-state index contributed by atoms with van der Waals surface area (Å²) in [6, 6.07) is 0. The van der Waals surface area contributed by atoms with Crippen LogP contribution in [-0.4, -0.2) is 37.4 Å². The lowest BCUT2D eigenvalue weighted by Crippen LogP contribution is -2.10. The molecule has 1 atom stereocenters. The molecule has 1 aliphatic carbocycles. The summed E-state index contributed by atoms with van der Waals surface area (Å²) in [5.74, 6) is -0.305. The number of aliphatic carboxylic acids is 1. The van der Waals surface area contributed by atoms with Crippen molar-refractivity contribution in [1.82, 2.24) is 19.7 Å². The van der Waals surface area contributed by atoms with E-state index < -0.39 is 11.9 Å². The quantitative estimate of drug-likeness (QED) is 0.855. The van der Waals surface area contributed by atoms with E-state index in [1.807, 2.05) is 11.6 Å². The van der Waals surface area contributed by atoms with E-state index in [0.717, 1.165) is 34.4 Å². The van der Waals surface area contributed by atoms with Crippen LogP contribution in [0.5, 0.6) is 0 Å². The van der Waals surface area contributed by atoms with Crippen LogP contribution in [0, 0.1) is 0 Å². The zero-order chi connectivity index (χ0) is 14.1. The molecule has 1 aliphatic rings. The molecule has 0 fully saturated rings. The maximum atomic E-state index is 11.1. The fraction of sp³-hybridized carbons (Fsp3) is 0.500. The summed E-state index contributed by atoms with van der Waals surface area (Å²) in [7, 11) is 1.91. The Kier molecular flexibility index (Phi) is 3.39. The van der Waals surface area contributed by atoms with Gasteiger partial charge in [0.25, 0.3) is 0 Å². The van der Waals surface area contributed by atoms with Gasteiger partial charge in [-0.25, -0.2) is 4.98 Å². The number of thiazole rings is 1. The van der Waals surface area contributed by atoms with Crippen molar-refractivity contribution in [1.29, 1.82) is 0 Å². The second-order valence-electron chi connectivity index (χ2n) is 4.79. The van der Waals surface area contributed by atoms with Gasteiger partial charge in [0.1, 0.15) is 18.1 Å². The number of hydrogen-bond acceptors (Lipinski definition) is 6. The topological polar surface area (TPSA) is 92.9 Å². The van der Waals surface area contributed by atoms with Crippen LogP contribution in [0.1, 0.15) is 28.7 Å². The average molecular weight is 293 g/mol. The molecule has 0 spiro atoms. The summed E-state index contributed by atoms with van der Waals surface area (Å²) in [6.45, 7) is 0.705. The number of rotatable bonds is 5. The first kappa shape index (κ1) is 13.0. The summed E-state index contributed by atoms with van der Waals surface area (Å²) >= 11 is 1.56. The Hall–Kier alpha value is -1.96. The van der Waals surface area contributed by atoms with Crippen LogP contribution in [0.4, 0.5) is 5.13 Å². The Balaban J connectivity index is 1.61. The maximum Gasteiger partial charge on any atom is 0.312 e. The van der Waals surface area contributed by atoms with E-state index in [9.17, 15) is 4.79 Å². The van der Waals surface area contributed by atoms with Crippen LogP contribution >= 0.6 is 11.3 Å². The van der Waals surface area contributed by atoms with Crippen LogP contribution < -0.4 is 5.32 Å². The second kappa shape index (κ2) is 5.20. The monoisotopic (exact) mass is 293 g/mol. The standard InChI is InChI=1S/C12H15N5O2S/c1-17-6-14-16-9(17)4-5-13-12-15-10-7(11(18)19)2-3-8(10)20-12/h6-7H,2-5H2,1H3,(H,13,15)(H,18,19). The van der Waals surface area contributed by atoms with Gasteiger partial charge in [-0.05, 0) is 12.8 Å². The summed E-state index contributed by atoms with van der Waals surface area (Å²) in [5.41, 5.74) is 0.739. The fourth-order valence-electron chi connectivity index (χ4n) is 2.36. The minimum Gasteiger partial charge on any atom is -0.481 e. The van der Waals surface area contributed by atoms with Crippen LogP contribution in [0.25, 0.3) is 0 Å². The normalized spacial score (nSPS) is 17.1. The van der Waals surface area contributed by atoms with Gasteiger partial charge in [0.05, 0.1) is 5.69 Å². The second-order valence-corrected chi connectivity index (χ2v) is 5.88. The Morgan fingerprint density at radius 1 is 1.65 bits per heavy atom. The molecule has 2 aromatic rings. The molecular weight excluding hydrogens is 278 g/mol. The molecule has 1 unspecified atom stereocenters. The van der Waals surface area contributed by atoms with Crippen LogP contribution in [0.2, 0.25) is 0 Å². The third kappa shape index (κ3) is 2.38. The molecule has 0 bridgehead atoms. The van der Waals surface area contributed by atoms with Gasteiger partial charge in [-0.1, -0.05) is 0 Å². The van der Waals surface area contributed by atoms with Crippen LogP contribution in [0.3, 0.4) is 0 Å². The first-order chi connectivity index (χ1) is 9.65. The predicted molar refractivity (Wildman–Crippen MR) is 74.0 cm³/mol. The largest absolute Gasteiger partial charge is 0.481 e. The number of fused-ring (bicyclic) bond motifs is 1. The highest BCUT2D eigenvalue weighted by Crippen LogP contribution is 2.38. The number of carbonyl (C=O) groups is 1. The maximum absolute atomic E-state index is 11.1. The van der Waals surface area contributed by atoms with Gasteiger partial charge in [-0.3, -0.25) is 4.79 Å². The number of anilines is 1. The number of carboxylic acid groups (broad SMARTS) is 1. The van der Waals surface area contributed by atoms with Crippen molar-refractivity contribution in [3.63, 3.8) is 0 Å². The van der Waals surface area contributed by atoms with Gasteiger partial charge >= 0.3 is 5.97 Å². The Morgan fingerprint density at radius 3 is 3.20 bits per heavy atom. The molecular formula is C12H15N5O2S. The Labute approximate surface area is 119 Å². The van der Waals surface area contributed by atoms with Crippen molar-refractivity contribution < 1.29 is 9.90 Å². The van der Waals surface area contributed by atoms with Gasteiger partial charge in [-0.15, -0.1) is 21.5 Å². The number of aryl methyl sites for hydroxylation is 2.